The van der Waals surface area contributed by atoms with Crippen molar-refractivity contribution < 1.29 is 14.3 Å². The van der Waals surface area contributed by atoms with E-state index < -0.39 is 0 Å². The number of rotatable bonds is 4. The van der Waals surface area contributed by atoms with Crippen molar-refractivity contribution in [3.63, 3.8) is 0 Å². The zero-order valence-corrected chi connectivity index (χ0v) is 12.6. The number of carbonyl (C=O) groups excluding carboxylic acids is 1. The van der Waals surface area contributed by atoms with Gasteiger partial charge in [0.15, 0.2) is 0 Å². The monoisotopic (exact) mass is 300 g/mol. The molecule has 22 heavy (non-hydrogen) atoms. The molecule has 1 aliphatic heterocycles. The minimum absolute atomic E-state index is 0.0380. The Morgan fingerprint density at radius 2 is 2.23 bits per heavy atom. The van der Waals surface area contributed by atoms with Crippen molar-refractivity contribution in [2.45, 2.75) is 25.9 Å². The van der Waals surface area contributed by atoms with Crippen LogP contribution in [0.4, 0.5) is 0 Å². The molecular formula is C17H20N2O3. The van der Waals surface area contributed by atoms with Crippen LogP contribution in [0.3, 0.4) is 0 Å². The lowest BCUT2D eigenvalue weighted by Gasteiger charge is -2.17. The minimum Gasteiger partial charge on any atom is -0.444 e. The maximum absolute atomic E-state index is 12.3. The van der Waals surface area contributed by atoms with Gasteiger partial charge in [-0.15, -0.1) is 0 Å². The van der Waals surface area contributed by atoms with Crippen LogP contribution in [0.15, 0.2) is 41.0 Å². The fraction of sp³-hybridized carbons (Fsp3) is 0.412. The van der Waals surface area contributed by atoms with Gasteiger partial charge >= 0.3 is 0 Å². The number of hydrogen-bond acceptors (Lipinski definition) is 4. The number of amides is 1. The first-order chi connectivity index (χ1) is 10.6. The topological polar surface area (TPSA) is 66.6 Å². The van der Waals surface area contributed by atoms with E-state index in [4.69, 9.17) is 4.42 Å². The minimum atomic E-state index is -0.366. The fourth-order valence-corrected chi connectivity index (χ4v) is 2.78. The fourth-order valence-electron chi connectivity index (χ4n) is 2.78. The van der Waals surface area contributed by atoms with Crippen molar-refractivity contribution in [3.8, 4) is 11.5 Å². The van der Waals surface area contributed by atoms with Crippen molar-refractivity contribution in [2.24, 2.45) is 5.92 Å². The van der Waals surface area contributed by atoms with Gasteiger partial charge in [0.25, 0.3) is 0 Å². The predicted octanol–water partition coefficient (Wildman–Crippen LogP) is 2.11. The average molecular weight is 300 g/mol. The number of benzene rings is 1. The van der Waals surface area contributed by atoms with Gasteiger partial charge in [0, 0.05) is 24.6 Å². The van der Waals surface area contributed by atoms with Gasteiger partial charge in [0.2, 0.25) is 11.8 Å². The molecule has 5 heteroatoms. The van der Waals surface area contributed by atoms with Crippen molar-refractivity contribution in [1.29, 1.82) is 0 Å². The highest BCUT2D eigenvalue weighted by molar-refractivity contribution is 5.78. The van der Waals surface area contributed by atoms with E-state index in [1.165, 1.54) is 0 Å². The van der Waals surface area contributed by atoms with E-state index >= 15 is 0 Å². The first kappa shape index (κ1) is 14.8. The molecule has 1 saturated heterocycles. The second-order valence-electron chi connectivity index (χ2n) is 5.82. The maximum Gasteiger partial charge on any atom is 0.228 e. The number of nitrogens with zero attached hydrogens (tertiary/aromatic N) is 2. The lowest BCUT2D eigenvalue weighted by atomic mass is 10.0. The molecule has 1 aliphatic rings. The first-order valence-corrected chi connectivity index (χ1v) is 7.59. The van der Waals surface area contributed by atoms with Crippen LogP contribution in [0.25, 0.3) is 11.5 Å². The molecule has 1 N–H and O–H groups in total. The Kier molecular flexibility index (Phi) is 4.24. The Balaban J connectivity index is 1.62. The zero-order valence-electron chi connectivity index (χ0n) is 12.6. The third kappa shape index (κ3) is 3.20. The molecule has 1 aromatic heterocycles. The highest BCUT2D eigenvalue weighted by atomic mass is 16.3. The van der Waals surface area contributed by atoms with Crippen molar-refractivity contribution >= 4 is 5.91 Å². The summed E-state index contributed by atoms with van der Waals surface area (Å²) in [5.74, 6) is 0.754. The van der Waals surface area contributed by atoms with Gasteiger partial charge in [-0.05, 0) is 25.5 Å². The molecule has 0 spiro atoms. The van der Waals surface area contributed by atoms with E-state index in [0.717, 1.165) is 12.0 Å². The van der Waals surface area contributed by atoms with Crippen LogP contribution < -0.4 is 0 Å². The Morgan fingerprint density at radius 3 is 2.91 bits per heavy atom. The predicted molar refractivity (Wildman–Crippen MR) is 82.0 cm³/mol. The van der Waals surface area contributed by atoms with Crippen molar-refractivity contribution in [3.05, 3.63) is 42.3 Å². The molecule has 5 nitrogen and oxygen atoms in total. The molecule has 0 radical (unpaired) electrons. The van der Waals surface area contributed by atoms with E-state index in [9.17, 15) is 9.90 Å². The van der Waals surface area contributed by atoms with Gasteiger partial charge in [-0.2, -0.15) is 0 Å². The third-order valence-electron chi connectivity index (χ3n) is 4.16. The van der Waals surface area contributed by atoms with Crippen LogP contribution >= 0.6 is 0 Å². The smallest absolute Gasteiger partial charge is 0.228 e. The van der Waals surface area contributed by atoms with Gasteiger partial charge < -0.3 is 14.4 Å². The van der Waals surface area contributed by atoms with E-state index in [1.54, 1.807) is 18.1 Å². The van der Waals surface area contributed by atoms with Gasteiger partial charge in [0.05, 0.1) is 18.2 Å². The van der Waals surface area contributed by atoms with Gasteiger partial charge in [-0.1, -0.05) is 18.2 Å². The number of carbonyl (C=O) groups is 1. The summed E-state index contributed by atoms with van der Waals surface area (Å²) < 4.78 is 5.45. The number of aliphatic hydroxyl groups excluding tert-OH is 1. The van der Waals surface area contributed by atoms with Gasteiger partial charge in [0.1, 0.15) is 6.26 Å². The number of aromatic nitrogens is 1. The SMILES string of the molecule is CC(O)C1CCN(C(=O)Cc2coc(-c3ccccc3)n2)C1. The molecule has 2 heterocycles. The number of likely N-dealkylation sites (tertiary alicyclic amines) is 1. The summed E-state index contributed by atoms with van der Waals surface area (Å²) in [4.78, 5) is 18.5. The number of hydrogen-bond donors (Lipinski definition) is 1. The second-order valence-corrected chi connectivity index (χ2v) is 5.82. The third-order valence-corrected chi connectivity index (χ3v) is 4.16. The Labute approximate surface area is 129 Å². The van der Waals surface area contributed by atoms with Gasteiger partial charge in [-0.3, -0.25) is 4.79 Å². The summed E-state index contributed by atoms with van der Waals surface area (Å²) in [6, 6.07) is 9.62. The zero-order chi connectivity index (χ0) is 15.5. The molecule has 2 unspecified atom stereocenters. The highest BCUT2D eigenvalue weighted by Crippen LogP contribution is 2.22. The van der Waals surface area contributed by atoms with Crippen LogP contribution in [0.2, 0.25) is 0 Å². The number of aliphatic hydroxyl groups is 1. The molecule has 1 aromatic carbocycles. The molecule has 116 valence electrons. The quantitative estimate of drug-likeness (QED) is 0.939. The molecule has 0 bridgehead atoms. The number of oxazole rings is 1. The van der Waals surface area contributed by atoms with Crippen LogP contribution in [-0.2, 0) is 11.2 Å². The lowest BCUT2D eigenvalue weighted by Crippen LogP contribution is -2.31. The van der Waals surface area contributed by atoms with E-state index in [-0.39, 0.29) is 24.3 Å². The Morgan fingerprint density at radius 1 is 1.45 bits per heavy atom. The van der Waals surface area contributed by atoms with E-state index in [1.807, 2.05) is 30.3 Å². The Bertz CT molecular complexity index is 636. The summed E-state index contributed by atoms with van der Waals surface area (Å²) in [6.07, 6.45) is 2.28. The average Bonchev–Trinajstić information content (AvgIpc) is 3.17. The molecule has 0 saturated carbocycles. The summed E-state index contributed by atoms with van der Waals surface area (Å²) in [5.41, 5.74) is 1.54. The molecule has 1 fully saturated rings. The molecule has 1 amide bonds. The summed E-state index contributed by atoms with van der Waals surface area (Å²) >= 11 is 0. The molecule has 2 aromatic rings. The van der Waals surface area contributed by atoms with Crippen LogP contribution in [0, 0.1) is 5.92 Å². The van der Waals surface area contributed by atoms with Crippen molar-refractivity contribution in [2.75, 3.05) is 13.1 Å². The van der Waals surface area contributed by atoms with E-state index in [2.05, 4.69) is 4.98 Å². The molecule has 0 aliphatic carbocycles. The van der Waals surface area contributed by atoms with Crippen LogP contribution in [0.5, 0.6) is 0 Å². The molecule has 2 atom stereocenters. The molecular weight excluding hydrogens is 280 g/mol. The largest absolute Gasteiger partial charge is 0.444 e. The summed E-state index contributed by atoms with van der Waals surface area (Å²) in [7, 11) is 0. The summed E-state index contributed by atoms with van der Waals surface area (Å²) in [5, 5.41) is 9.61. The van der Waals surface area contributed by atoms with Gasteiger partial charge in [-0.25, -0.2) is 4.98 Å². The first-order valence-electron chi connectivity index (χ1n) is 7.59. The summed E-state index contributed by atoms with van der Waals surface area (Å²) in [6.45, 7) is 3.11. The van der Waals surface area contributed by atoms with E-state index in [0.29, 0.717) is 24.7 Å². The standard InChI is InChI=1S/C17H20N2O3/c1-12(20)14-7-8-19(10-14)16(21)9-15-11-22-17(18-15)13-5-3-2-4-6-13/h2-6,11-12,14,20H,7-10H2,1H3. The second kappa shape index (κ2) is 6.32. The van der Waals surface area contributed by atoms with Crippen LogP contribution in [-0.4, -0.2) is 40.1 Å². The molecule has 3 rings (SSSR count). The Hall–Kier alpha value is -2.14. The lowest BCUT2D eigenvalue weighted by molar-refractivity contribution is -0.129. The van der Waals surface area contributed by atoms with Crippen LogP contribution in [0.1, 0.15) is 19.0 Å². The highest BCUT2D eigenvalue weighted by Gasteiger charge is 2.29. The van der Waals surface area contributed by atoms with Crippen molar-refractivity contribution in [1.82, 2.24) is 9.88 Å². The normalized spacial score (nSPS) is 19.4. The maximum atomic E-state index is 12.3.